The number of aliphatic hydroxyl groups excluding tert-OH is 1. The van der Waals surface area contributed by atoms with Crippen LogP contribution in [0.1, 0.15) is 25.8 Å². The third-order valence-corrected chi connectivity index (χ3v) is 4.47. The number of rotatable bonds is 5. The number of nitrogens with one attached hydrogen (secondary N) is 1. The van der Waals surface area contributed by atoms with Gasteiger partial charge in [0.2, 0.25) is 10.0 Å². The molecular weight excluding hydrogens is 288 g/mol. The number of hydrogen-bond donors (Lipinski definition) is 2. The molecule has 0 saturated heterocycles. The van der Waals surface area contributed by atoms with Gasteiger partial charge < -0.3 is 5.11 Å². The maximum Gasteiger partial charge on any atom is 0.242 e. The fourth-order valence-electron chi connectivity index (χ4n) is 1.56. The molecule has 0 aliphatic carbocycles. The van der Waals surface area contributed by atoms with Crippen LogP contribution in [0.5, 0.6) is 0 Å². The Hall–Kier alpha value is -1.13. The van der Waals surface area contributed by atoms with Crippen LogP contribution in [0, 0.1) is 11.3 Å². The summed E-state index contributed by atoms with van der Waals surface area (Å²) in [4.78, 5) is -0.159. The Balaban J connectivity index is 3.22. The van der Waals surface area contributed by atoms with Gasteiger partial charge in [0.25, 0.3) is 0 Å². The molecule has 0 fully saturated rings. The highest BCUT2D eigenvalue weighted by molar-refractivity contribution is 7.89. The summed E-state index contributed by atoms with van der Waals surface area (Å²) in [5.74, 6) is 0. The molecule has 0 aromatic heterocycles. The lowest BCUT2D eigenvalue weighted by atomic mass is 10.0. The summed E-state index contributed by atoms with van der Waals surface area (Å²) in [5.41, 5.74) is -0.792. The Bertz CT molecular complexity index is 606. The number of aliphatic hydroxyl groups is 1. The monoisotopic (exact) mass is 302 g/mol. The molecule has 0 bridgehead atoms. The van der Waals surface area contributed by atoms with E-state index in [1.54, 1.807) is 13.8 Å². The molecule has 0 aliphatic heterocycles. The highest BCUT2D eigenvalue weighted by atomic mass is 35.5. The summed E-state index contributed by atoms with van der Waals surface area (Å²) in [6, 6.07) is 5.87. The second-order valence-electron chi connectivity index (χ2n) is 4.72. The highest BCUT2D eigenvalue weighted by Gasteiger charge is 2.27. The van der Waals surface area contributed by atoms with E-state index >= 15 is 0 Å². The summed E-state index contributed by atoms with van der Waals surface area (Å²) in [6.07, 6.45) is 0.259. The SMILES string of the molecule is CC(C)(CCO)NS(=O)(=O)c1cc(Cl)ccc1C#N. The van der Waals surface area contributed by atoms with E-state index in [2.05, 4.69) is 4.72 Å². The van der Waals surface area contributed by atoms with Crippen LogP contribution in [0.4, 0.5) is 0 Å². The fraction of sp³-hybridized carbons (Fsp3) is 0.417. The van der Waals surface area contributed by atoms with E-state index < -0.39 is 15.6 Å². The van der Waals surface area contributed by atoms with Crippen molar-refractivity contribution < 1.29 is 13.5 Å². The minimum atomic E-state index is -3.87. The topological polar surface area (TPSA) is 90.2 Å². The van der Waals surface area contributed by atoms with Crippen LogP contribution in [-0.2, 0) is 10.0 Å². The van der Waals surface area contributed by atoms with Crippen molar-refractivity contribution in [3.63, 3.8) is 0 Å². The van der Waals surface area contributed by atoms with Gasteiger partial charge in [0.15, 0.2) is 0 Å². The van der Waals surface area contributed by atoms with E-state index in [0.29, 0.717) is 0 Å². The largest absolute Gasteiger partial charge is 0.396 e. The highest BCUT2D eigenvalue weighted by Crippen LogP contribution is 2.22. The quantitative estimate of drug-likeness (QED) is 0.865. The minimum Gasteiger partial charge on any atom is -0.396 e. The zero-order valence-electron chi connectivity index (χ0n) is 10.6. The Labute approximate surface area is 117 Å². The summed E-state index contributed by atoms with van der Waals surface area (Å²) < 4.78 is 27.0. The van der Waals surface area contributed by atoms with Crippen molar-refractivity contribution in [1.82, 2.24) is 4.72 Å². The van der Waals surface area contributed by atoms with E-state index in [1.807, 2.05) is 6.07 Å². The Morgan fingerprint density at radius 3 is 2.63 bits per heavy atom. The van der Waals surface area contributed by atoms with Gasteiger partial charge in [-0.1, -0.05) is 11.6 Å². The van der Waals surface area contributed by atoms with Gasteiger partial charge in [-0.3, -0.25) is 0 Å². The van der Waals surface area contributed by atoms with Crippen LogP contribution in [0.15, 0.2) is 23.1 Å². The average molecular weight is 303 g/mol. The molecule has 0 unspecified atom stereocenters. The first-order valence-corrected chi connectivity index (χ1v) is 7.42. The maximum atomic E-state index is 12.3. The van der Waals surface area contributed by atoms with E-state index in [1.165, 1.54) is 18.2 Å². The van der Waals surface area contributed by atoms with Gasteiger partial charge in [0.05, 0.1) is 5.56 Å². The molecule has 0 saturated carbocycles. The molecule has 0 aliphatic rings. The van der Waals surface area contributed by atoms with Gasteiger partial charge in [-0.25, -0.2) is 13.1 Å². The van der Waals surface area contributed by atoms with Crippen LogP contribution >= 0.6 is 11.6 Å². The van der Waals surface area contributed by atoms with Crippen LogP contribution in [-0.4, -0.2) is 25.7 Å². The molecule has 7 heteroatoms. The molecular formula is C12H15ClN2O3S. The van der Waals surface area contributed by atoms with E-state index in [4.69, 9.17) is 22.0 Å². The van der Waals surface area contributed by atoms with Gasteiger partial charge in [-0.2, -0.15) is 5.26 Å². The molecule has 0 amide bonds. The van der Waals surface area contributed by atoms with Crippen molar-refractivity contribution in [2.45, 2.75) is 30.7 Å². The maximum absolute atomic E-state index is 12.3. The van der Waals surface area contributed by atoms with Gasteiger partial charge >= 0.3 is 0 Å². The van der Waals surface area contributed by atoms with Crippen molar-refractivity contribution in [2.24, 2.45) is 0 Å². The molecule has 104 valence electrons. The van der Waals surface area contributed by atoms with Crippen molar-refractivity contribution in [1.29, 1.82) is 5.26 Å². The van der Waals surface area contributed by atoms with Gasteiger partial charge in [-0.05, 0) is 38.5 Å². The predicted molar refractivity (Wildman–Crippen MR) is 72.3 cm³/mol. The first-order chi connectivity index (χ1) is 8.72. The van der Waals surface area contributed by atoms with Crippen LogP contribution in [0.2, 0.25) is 5.02 Å². The average Bonchev–Trinajstić information content (AvgIpc) is 2.27. The Morgan fingerprint density at radius 1 is 1.47 bits per heavy atom. The van der Waals surface area contributed by atoms with Crippen molar-refractivity contribution >= 4 is 21.6 Å². The predicted octanol–water partition coefficient (Wildman–Crippen LogP) is 1.65. The standard InChI is InChI=1S/C12H15ClN2O3S/c1-12(2,5-6-16)15-19(17,18)11-7-10(13)4-3-9(11)8-14/h3-4,7,15-16H,5-6H2,1-2H3. The lowest BCUT2D eigenvalue weighted by molar-refractivity contribution is 0.245. The smallest absolute Gasteiger partial charge is 0.242 e. The van der Waals surface area contributed by atoms with Crippen molar-refractivity contribution in [3.8, 4) is 6.07 Å². The molecule has 0 spiro atoms. The van der Waals surface area contributed by atoms with Gasteiger partial charge in [-0.15, -0.1) is 0 Å². The molecule has 0 atom stereocenters. The number of benzene rings is 1. The molecule has 19 heavy (non-hydrogen) atoms. The number of hydrogen-bond acceptors (Lipinski definition) is 4. The van der Waals surface area contributed by atoms with Crippen LogP contribution in [0.3, 0.4) is 0 Å². The Kier molecular flexibility index (Phi) is 4.93. The molecule has 1 rings (SSSR count). The zero-order valence-corrected chi connectivity index (χ0v) is 12.2. The van der Waals surface area contributed by atoms with Crippen LogP contribution < -0.4 is 4.72 Å². The normalized spacial score (nSPS) is 12.2. The van der Waals surface area contributed by atoms with Gasteiger partial charge in [0.1, 0.15) is 11.0 Å². The lowest BCUT2D eigenvalue weighted by Gasteiger charge is -2.25. The first-order valence-electron chi connectivity index (χ1n) is 5.56. The second-order valence-corrected chi connectivity index (χ2v) is 6.80. The molecule has 1 aromatic rings. The molecule has 5 nitrogen and oxygen atoms in total. The third-order valence-electron chi connectivity index (χ3n) is 2.50. The summed E-state index contributed by atoms with van der Waals surface area (Å²) in [5, 5.41) is 18.1. The summed E-state index contributed by atoms with van der Waals surface area (Å²) in [7, 11) is -3.87. The van der Waals surface area contributed by atoms with Crippen LogP contribution in [0.25, 0.3) is 0 Å². The number of nitriles is 1. The lowest BCUT2D eigenvalue weighted by Crippen LogP contribution is -2.44. The minimum absolute atomic E-state index is 0.0247. The second kappa shape index (κ2) is 5.88. The van der Waals surface area contributed by atoms with Crippen molar-refractivity contribution in [2.75, 3.05) is 6.61 Å². The van der Waals surface area contributed by atoms with E-state index in [9.17, 15) is 8.42 Å². The zero-order chi connectivity index (χ0) is 14.7. The van der Waals surface area contributed by atoms with Crippen molar-refractivity contribution in [3.05, 3.63) is 28.8 Å². The summed E-state index contributed by atoms with van der Waals surface area (Å²) >= 11 is 5.77. The molecule has 0 radical (unpaired) electrons. The molecule has 0 heterocycles. The van der Waals surface area contributed by atoms with E-state index in [-0.39, 0.29) is 28.5 Å². The molecule has 2 N–H and O–H groups in total. The van der Waals surface area contributed by atoms with E-state index in [0.717, 1.165) is 0 Å². The Morgan fingerprint density at radius 2 is 2.11 bits per heavy atom. The van der Waals surface area contributed by atoms with Gasteiger partial charge in [0, 0.05) is 17.2 Å². The number of nitrogens with zero attached hydrogens (tertiary/aromatic N) is 1. The fourth-order valence-corrected chi connectivity index (χ4v) is 3.42. The number of halogens is 1. The molecule has 1 aromatic carbocycles. The third kappa shape index (κ3) is 4.18. The first kappa shape index (κ1) is 15.9. The summed E-state index contributed by atoms with van der Waals surface area (Å²) in [6.45, 7) is 3.16. The number of sulfonamides is 1.